The molecule has 0 aliphatic carbocycles. The van der Waals surface area contributed by atoms with Crippen LogP contribution in [0.25, 0.3) is 6.08 Å². The number of esters is 1. The van der Waals surface area contributed by atoms with Crippen molar-refractivity contribution in [3.63, 3.8) is 0 Å². The molecule has 0 radical (unpaired) electrons. The van der Waals surface area contributed by atoms with Gasteiger partial charge in [0, 0.05) is 28.2 Å². The number of benzene rings is 3. The number of allylic oxidation sites excluding steroid dienone is 1. The highest BCUT2D eigenvalue weighted by molar-refractivity contribution is 8.04. The number of Topliss-reactive ketones (excluding diaryl/α,β-unsaturated/α-hetero) is 1. The third kappa shape index (κ3) is 3.88. The van der Waals surface area contributed by atoms with Crippen molar-refractivity contribution < 1.29 is 19.2 Å². The fourth-order valence-corrected chi connectivity index (χ4v) is 4.07. The average molecular weight is 417 g/mol. The first-order valence-corrected chi connectivity index (χ1v) is 9.84. The smallest absolute Gasteiger partial charge is 0.343 e. The molecule has 3 aromatic carbocycles. The van der Waals surface area contributed by atoms with Gasteiger partial charge < -0.3 is 4.74 Å². The molecule has 0 fully saturated rings. The van der Waals surface area contributed by atoms with Crippen LogP contribution < -0.4 is 4.74 Å². The minimum atomic E-state index is -0.637. The van der Waals surface area contributed by atoms with Crippen molar-refractivity contribution >= 4 is 35.3 Å². The number of fused-ring (bicyclic) bond motifs is 1. The summed E-state index contributed by atoms with van der Waals surface area (Å²) in [5.74, 6) is -0.396. The summed E-state index contributed by atoms with van der Waals surface area (Å²) in [6, 6.07) is 17.9. The molecular formula is C23H15NO5S. The molecule has 7 heteroatoms. The van der Waals surface area contributed by atoms with Gasteiger partial charge in [-0.1, -0.05) is 35.5 Å². The second-order valence-corrected chi connectivity index (χ2v) is 7.75. The Morgan fingerprint density at radius 2 is 1.80 bits per heavy atom. The normalized spacial score (nSPS) is 13.9. The Hall–Kier alpha value is -3.71. The van der Waals surface area contributed by atoms with Crippen molar-refractivity contribution in [2.75, 3.05) is 0 Å². The predicted octanol–water partition coefficient (Wildman–Crippen LogP) is 5.45. The zero-order chi connectivity index (χ0) is 21.3. The predicted molar refractivity (Wildman–Crippen MR) is 114 cm³/mol. The lowest BCUT2D eigenvalue weighted by molar-refractivity contribution is -0.384. The lowest BCUT2D eigenvalue weighted by Gasteiger charge is -2.09. The molecular weight excluding hydrogens is 402 g/mol. The van der Waals surface area contributed by atoms with Crippen LogP contribution in [0.5, 0.6) is 5.75 Å². The summed E-state index contributed by atoms with van der Waals surface area (Å²) < 4.78 is 5.54. The van der Waals surface area contributed by atoms with E-state index in [1.807, 2.05) is 31.2 Å². The molecule has 4 rings (SSSR count). The van der Waals surface area contributed by atoms with Crippen LogP contribution in [0, 0.1) is 17.0 Å². The van der Waals surface area contributed by atoms with Gasteiger partial charge in [0.1, 0.15) is 5.75 Å². The zero-order valence-electron chi connectivity index (χ0n) is 15.8. The van der Waals surface area contributed by atoms with E-state index < -0.39 is 10.9 Å². The number of nitrogens with zero attached hydrogens (tertiary/aromatic N) is 1. The van der Waals surface area contributed by atoms with Gasteiger partial charge in [0.15, 0.2) is 0 Å². The third-order valence-electron chi connectivity index (χ3n) is 4.54. The fraction of sp³-hybridized carbons (Fsp3) is 0.0435. The number of nitro benzene ring substituents is 1. The standard InChI is InChI=1S/C23H15NO5S/c1-14-6-11-19(29-23(26)15-7-9-17(10-8-15)24(27)28)16(12-14)13-21-22(25)18-4-2-3-5-20(18)30-21/h2-13H,1H3. The summed E-state index contributed by atoms with van der Waals surface area (Å²) in [7, 11) is 0. The lowest BCUT2D eigenvalue weighted by atomic mass is 10.1. The first kappa shape index (κ1) is 19.6. The SMILES string of the molecule is Cc1ccc(OC(=O)c2ccc([N+](=O)[O-])cc2)c(C=C2Sc3ccccc3C2=O)c1. The molecule has 3 aromatic rings. The molecule has 0 unspecified atom stereocenters. The summed E-state index contributed by atoms with van der Waals surface area (Å²) >= 11 is 1.38. The maximum atomic E-state index is 12.7. The number of carbonyl (C=O) groups excluding carboxylic acids is 2. The van der Waals surface area contributed by atoms with Gasteiger partial charge >= 0.3 is 5.97 Å². The molecule has 0 spiro atoms. The number of rotatable bonds is 4. The Morgan fingerprint density at radius 1 is 1.07 bits per heavy atom. The number of hydrogen-bond acceptors (Lipinski definition) is 6. The minimum Gasteiger partial charge on any atom is -0.422 e. The number of ketones is 1. The maximum absolute atomic E-state index is 12.7. The summed E-state index contributed by atoms with van der Waals surface area (Å²) in [5, 5.41) is 10.8. The molecule has 0 saturated carbocycles. The van der Waals surface area contributed by atoms with E-state index in [9.17, 15) is 19.7 Å². The van der Waals surface area contributed by atoms with E-state index in [0.29, 0.717) is 21.8 Å². The van der Waals surface area contributed by atoms with E-state index in [1.54, 1.807) is 24.3 Å². The van der Waals surface area contributed by atoms with Crippen LogP contribution in [0.3, 0.4) is 0 Å². The zero-order valence-corrected chi connectivity index (χ0v) is 16.6. The Kier molecular flexibility index (Phi) is 5.20. The molecule has 1 aliphatic rings. The first-order chi connectivity index (χ1) is 14.4. The van der Waals surface area contributed by atoms with Gasteiger partial charge in [0.2, 0.25) is 5.78 Å². The second-order valence-electron chi connectivity index (χ2n) is 6.67. The van der Waals surface area contributed by atoms with Crippen molar-refractivity contribution in [1.82, 2.24) is 0 Å². The van der Waals surface area contributed by atoms with Gasteiger partial charge in [-0.05, 0) is 49.4 Å². The summed E-state index contributed by atoms with van der Waals surface area (Å²) in [6.45, 7) is 1.91. The molecule has 0 N–H and O–H groups in total. The molecule has 6 nitrogen and oxygen atoms in total. The summed E-state index contributed by atoms with van der Waals surface area (Å²) in [5.41, 5.74) is 2.30. The van der Waals surface area contributed by atoms with E-state index in [2.05, 4.69) is 0 Å². The van der Waals surface area contributed by atoms with E-state index in [-0.39, 0.29) is 17.0 Å². The second kappa shape index (κ2) is 7.96. The first-order valence-electron chi connectivity index (χ1n) is 9.03. The molecule has 0 aromatic heterocycles. The van der Waals surface area contributed by atoms with Crippen LogP contribution in [0.1, 0.15) is 31.8 Å². The number of hydrogen-bond donors (Lipinski definition) is 0. The highest BCUT2D eigenvalue weighted by atomic mass is 32.2. The number of nitro groups is 1. The number of carbonyl (C=O) groups is 2. The molecule has 0 amide bonds. The van der Waals surface area contributed by atoms with Crippen molar-refractivity contribution in [1.29, 1.82) is 0 Å². The summed E-state index contributed by atoms with van der Waals surface area (Å²) in [4.78, 5) is 36.9. The van der Waals surface area contributed by atoms with Crippen LogP contribution >= 0.6 is 11.8 Å². The van der Waals surface area contributed by atoms with Crippen molar-refractivity contribution in [2.24, 2.45) is 0 Å². The summed E-state index contributed by atoms with van der Waals surface area (Å²) in [6.07, 6.45) is 1.72. The molecule has 1 heterocycles. The van der Waals surface area contributed by atoms with Crippen LogP contribution in [0.4, 0.5) is 5.69 Å². The van der Waals surface area contributed by atoms with Gasteiger partial charge in [-0.25, -0.2) is 4.79 Å². The van der Waals surface area contributed by atoms with Crippen LogP contribution in [0.2, 0.25) is 0 Å². The topological polar surface area (TPSA) is 86.5 Å². The van der Waals surface area contributed by atoms with E-state index >= 15 is 0 Å². The van der Waals surface area contributed by atoms with Gasteiger partial charge in [0.05, 0.1) is 15.4 Å². The molecule has 30 heavy (non-hydrogen) atoms. The van der Waals surface area contributed by atoms with E-state index in [4.69, 9.17) is 4.74 Å². The number of aryl methyl sites for hydroxylation is 1. The molecule has 148 valence electrons. The third-order valence-corrected chi connectivity index (χ3v) is 5.64. The van der Waals surface area contributed by atoms with Crippen LogP contribution in [-0.4, -0.2) is 16.7 Å². The fourth-order valence-electron chi connectivity index (χ4n) is 3.03. The molecule has 0 saturated heterocycles. The van der Waals surface area contributed by atoms with Gasteiger partial charge in [0.25, 0.3) is 5.69 Å². The highest BCUT2D eigenvalue weighted by Gasteiger charge is 2.25. The highest BCUT2D eigenvalue weighted by Crippen LogP contribution is 2.41. The monoisotopic (exact) mass is 417 g/mol. The quantitative estimate of drug-likeness (QED) is 0.184. The number of ether oxygens (including phenoxy) is 1. The molecule has 0 atom stereocenters. The Labute approximate surface area is 176 Å². The molecule has 1 aliphatic heterocycles. The number of non-ortho nitro benzene ring substituents is 1. The molecule has 0 bridgehead atoms. The van der Waals surface area contributed by atoms with Crippen molar-refractivity contribution in [2.45, 2.75) is 11.8 Å². The van der Waals surface area contributed by atoms with Crippen LogP contribution in [-0.2, 0) is 0 Å². The van der Waals surface area contributed by atoms with E-state index in [1.165, 1.54) is 36.0 Å². The van der Waals surface area contributed by atoms with Gasteiger partial charge in [-0.3, -0.25) is 14.9 Å². The van der Waals surface area contributed by atoms with Crippen LogP contribution in [0.15, 0.2) is 76.5 Å². The lowest BCUT2D eigenvalue weighted by Crippen LogP contribution is -2.09. The average Bonchev–Trinajstić information content (AvgIpc) is 3.05. The van der Waals surface area contributed by atoms with Gasteiger partial charge in [-0.2, -0.15) is 0 Å². The number of thioether (sulfide) groups is 1. The van der Waals surface area contributed by atoms with Crippen molar-refractivity contribution in [3.8, 4) is 5.75 Å². The Morgan fingerprint density at radius 3 is 2.50 bits per heavy atom. The van der Waals surface area contributed by atoms with Crippen molar-refractivity contribution in [3.05, 3.63) is 104 Å². The Balaban J connectivity index is 1.62. The Bertz CT molecular complexity index is 1210. The largest absolute Gasteiger partial charge is 0.422 e. The maximum Gasteiger partial charge on any atom is 0.343 e. The minimum absolute atomic E-state index is 0.0650. The van der Waals surface area contributed by atoms with Gasteiger partial charge in [-0.15, -0.1) is 0 Å². The van der Waals surface area contributed by atoms with E-state index in [0.717, 1.165) is 10.5 Å².